The molecule has 1 aromatic heterocycles. The van der Waals surface area contributed by atoms with E-state index >= 15 is 0 Å². The van der Waals surface area contributed by atoms with Crippen LogP contribution >= 0.6 is 0 Å². The van der Waals surface area contributed by atoms with Crippen molar-refractivity contribution in [3.63, 3.8) is 0 Å². The lowest BCUT2D eigenvalue weighted by atomic mass is 9.97. The summed E-state index contributed by atoms with van der Waals surface area (Å²) in [5, 5.41) is 3.78. The molecule has 0 spiro atoms. The SMILES string of the molecule is CC(CCc1ccco1)NC1CCC(C)C1C. The molecule has 0 bridgehead atoms. The van der Waals surface area contributed by atoms with Crippen molar-refractivity contribution in [2.75, 3.05) is 0 Å². The Kier molecular flexibility index (Phi) is 4.27. The molecule has 0 amide bonds. The van der Waals surface area contributed by atoms with E-state index in [1.807, 2.05) is 6.07 Å². The molecule has 0 aliphatic heterocycles. The van der Waals surface area contributed by atoms with Crippen molar-refractivity contribution >= 4 is 0 Å². The minimum absolute atomic E-state index is 0.581. The minimum atomic E-state index is 0.581. The number of hydrogen-bond acceptors (Lipinski definition) is 2. The van der Waals surface area contributed by atoms with Crippen LogP contribution in [0.3, 0.4) is 0 Å². The lowest BCUT2D eigenvalue weighted by molar-refractivity contribution is 0.334. The standard InChI is InChI=1S/C15H25NO/c1-11-6-9-15(13(11)3)16-12(2)7-8-14-5-4-10-17-14/h4-5,10-13,15-16H,6-9H2,1-3H3. The quantitative estimate of drug-likeness (QED) is 0.843. The van der Waals surface area contributed by atoms with Crippen LogP contribution in [0.4, 0.5) is 0 Å². The predicted octanol–water partition coefficient (Wildman–Crippen LogP) is 3.62. The first kappa shape index (κ1) is 12.7. The molecule has 2 nitrogen and oxygen atoms in total. The van der Waals surface area contributed by atoms with Gasteiger partial charge >= 0.3 is 0 Å². The average Bonchev–Trinajstić information content (AvgIpc) is 2.92. The van der Waals surface area contributed by atoms with Gasteiger partial charge in [0.25, 0.3) is 0 Å². The van der Waals surface area contributed by atoms with Crippen LogP contribution in [0.5, 0.6) is 0 Å². The molecule has 96 valence electrons. The van der Waals surface area contributed by atoms with E-state index in [4.69, 9.17) is 4.42 Å². The summed E-state index contributed by atoms with van der Waals surface area (Å²) in [6, 6.07) is 5.33. The number of furan rings is 1. The molecule has 1 N–H and O–H groups in total. The Balaban J connectivity index is 1.72. The molecule has 4 unspecified atom stereocenters. The molecule has 1 aliphatic carbocycles. The molecule has 17 heavy (non-hydrogen) atoms. The van der Waals surface area contributed by atoms with Gasteiger partial charge in [-0.2, -0.15) is 0 Å². The molecular formula is C15H25NO. The first-order valence-corrected chi connectivity index (χ1v) is 6.95. The van der Waals surface area contributed by atoms with Crippen LogP contribution < -0.4 is 5.32 Å². The summed E-state index contributed by atoms with van der Waals surface area (Å²) in [6.45, 7) is 7.05. The fourth-order valence-electron chi connectivity index (χ4n) is 2.86. The van der Waals surface area contributed by atoms with Crippen molar-refractivity contribution in [2.24, 2.45) is 11.8 Å². The molecule has 2 heteroatoms. The van der Waals surface area contributed by atoms with Gasteiger partial charge < -0.3 is 9.73 Å². The maximum absolute atomic E-state index is 5.36. The first-order chi connectivity index (χ1) is 8.16. The Morgan fingerprint density at radius 1 is 1.41 bits per heavy atom. The predicted molar refractivity (Wildman–Crippen MR) is 71.0 cm³/mol. The van der Waals surface area contributed by atoms with Crippen LogP contribution in [-0.2, 0) is 6.42 Å². The summed E-state index contributed by atoms with van der Waals surface area (Å²) in [6.07, 6.45) is 6.67. The van der Waals surface area contributed by atoms with Crippen LogP contribution in [0.15, 0.2) is 22.8 Å². The molecular weight excluding hydrogens is 210 g/mol. The van der Waals surface area contributed by atoms with Gasteiger partial charge in [-0.25, -0.2) is 0 Å². The van der Waals surface area contributed by atoms with Gasteiger partial charge in [0, 0.05) is 18.5 Å². The van der Waals surface area contributed by atoms with Crippen molar-refractivity contribution in [1.29, 1.82) is 0 Å². The molecule has 1 heterocycles. The lowest BCUT2D eigenvalue weighted by Crippen LogP contribution is -2.39. The summed E-state index contributed by atoms with van der Waals surface area (Å²) >= 11 is 0. The molecule has 2 rings (SSSR count). The Morgan fingerprint density at radius 3 is 2.82 bits per heavy atom. The van der Waals surface area contributed by atoms with Gasteiger partial charge in [0.1, 0.15) is 5.76 Å². The number of nitrogens with one attached hydrogen (secondary N) is 1. The van der Waals surface area contributed by atoms with E-state index in [9.17, 15) is 0 Å². The van der Waals surface area contributed by atoms with Crippen LogP contribution in [0.2, 0.25) is 0 Å². The molecule has 0 aromatic carbocycles. The normalized spacial score (nSPS) is 30.6. The van der Waals surface area contributed by atoms with E-state index in [-0.39, 0.29) is 0 Å². The zero-order valence-corrected chi connectivity index (χ0v) is 11.3. The highest BCUT2D eigenvalue weighted by molar-refractivity contribution is 4.98. The van der Waals surface area contributed by atoms with Crippen LogP contribution in [0, 0.1) is 11.8 Å². The second kappa shape index (κ2) is 5.72. The number of hydrogen-bond donors (Lipinski definition) is 1. The smallest absolute Gasteiger partial charge is 0.103 e. The Bertz CT molecular complexity index is 320. The first-order valence-electron chi connectivity index (χ1n) is 6.95. The zero-order valence-electron chi connectivity index (χ0n) is 11.3. The summed E-state index contributed by atoms with van der Waals surface area (Å²) in [5.41, 5.74) is 0. The van der Waals surface area contributed by atoms with Gasteiger partial charge in [0.2, 0.25) is 0 Å². The third-order valence-corrected chi connectivity index (χ3v) is 4.37. The molecule has 0 radical (unpaired) electrons. The molecule has 1 fully saturated rings. The topological polar surface area (TPSA) is 25.2 Å². The number of aryl methyl sites for hydroxylation is 1. The summed E-state index contributed by atoms with van der Waals surface area (Å²) in [7, 11) is 0. The third-order valence-electron chi connectivity index (χ3n) is 4.37. The van der Waals surface area contributed by atoms with Crippen LogP contribution in [-0.4, -0.2) is 12.1 Å². The second-order valence-corrected chi connectivity index (χ2v) is 5.71. The molecule has 4 atom stereocenters. The fourth-order valence-corrected chi connectivity index (χ4v) is 2.86. The van der Waals surface area contributed by atoms with Crippen molar-refractivity contribution in [3.8, 4) is 0 Å². The van der Waals surface area contributed by atoms with Crippen LogP contribution in [0.25, 0.3) is 0 Å². The summed E-state index contributed by atoms with van der Waals surface area (Å²) in [4.78, 5) is 0. The highest BCUT2D eigenvalue weighted by Gasteiger charge is 2.30. The minimum Gasteiger partial charge on any atom is -0.469 e. The summed E-state index contributed by atoms with van der Waals surface area (Å²) in [5.74, 6) is 2.80. The van der Waals surface area contributed by atoms with Gasteiger partial charge in [0.15, 0.2) is 0 Å². The molecule has 0 saturated heterocycles. The molecule has 1 saturated carbocycles. The van der Waals surface area contributed by atoms with E-state index in [1.165, 1.54) is 12.8 Å². The average molecular weight is 235 g/mol. The maximum atomic E-state index is 5.36. The highest BCUT2D eigenvalue weighted by Crippen LogP contribution is 2.31. The van der Waals surface area contributed by atoms with Gasteiger partial charge in [-0.1, -0.05) is 13.8 Å². The van der Waals surface area contributed by atoms with E-state index in [1.54, 1.807) is 6.26 Å². The Hall–Kier alpha value is -0.760. The third kappa shape index (κ3) is 3.35. The highest BCUT2D eigenvalue weighted by atomic mass is 16.3. The maximum Gasteiger partial charge on any atom is 0.103 e. The van der Waals surface area contributed by atoms with Crippen molar-refractivity contribution in [1.82, 2.24) is 5.32 Å². The molecule has 1 aromatic rings. The van der Waals surface area contributed by atoms with Crippen molar-refractivity contribution < 1.29 is 4.42 Å². The van der Waals surface area contributed by atoms with E-state index in [0.717, 1.165) is 36.5 Å². The van der Waals surface area contributed by atoms with E-state index < -0.39 is 0 Å². The Labute approximate surface area is 105 Å². The lowest BCUT2D eigenvalue weighted by Gasteiger charge is -2.24. The van der Waals surface area contributed by atoms with E-state index in [2.05, 4.69) is 32.2 Å². The summed E-state index contributed by atoms with van der Waals surface area (Å²) < 4.78 is 5.36. The Morgan fingerprint density at radius 2 is 2.24 bits per heavy atom. The van der Waals surface area contributed by atoms with Crippen molar-refractivity contribution in [2.45, 2.75) is 58.5 Å². The van der Waals surface area contributed by atoms with Gasteiger partial charge in [-0.05, 0) is 50.2 Å². The van der Waals surface area contributed by atoms with Crippen molar-refractivity contribution in [3.05, 3.63) is 24.2 Å². The van der Waals surface area contributed by atoms with Gasteiger partial charge in [0.05, 0.1) is 6.26 Å². The largest absolute Gasteiger partial charge is 0.469 e. The number of rotatable bonds is 5. The van der Waals surface area contributed by atoms with E-state index in [0.29, 0.717) is 6.04 Å². The van der Waals surface area contributed by atoms with Gasteiger partial charge in [-0.15, -0.1) is 0 Å². The van der Waals surface area contributed by atoms with Gasteiger partial charge in [-0.3, -0.25) is 0 Å². The zero-order chi connectivity index (χ0) is 12.3. The fraction of sp³-hybridized carbons (Fsp3) is 0.733. The monoisotopic (exact) mass is 235 g/mol. The van der Waals surface area contributed by atoms with Crippen LogP contribution in [0.1, 0.15) is 45.8 Å². The molecule has 1 aliphatic rings. The second-order valence-electron chi connectivity index (χ2n) is 5.71.